The Balaban J connectivity index is 2.03. The smallest absolute Gasteiger partial charge is 0.343 e. The van der Waals surface area contributed by atoms with Crippen LogP contribution < -0.4 is 0 Å². The number of ether oxygens (including phenoxy) is 1. The van der Waals surface area contributed by atoms with E-state index in [1.54, 1.807) is 24.3 Å². The van der Waals surface area contributed by atoms with Crippen molar-refractivity contribution in [2.75, 3.05) is 0 Å². The molecular weight excluding hydrogens is 257 g/mol. The van der Waals surface area contributed by atoms with Gasteiger partial charge in [-0.3, -0.25) is 0 Å². The standard InChI is InChI=1S/C13H9ClFNO2/c14-10-4-1-3-9(7-10)8-18-13(17)11-5-2-6-16-12(11)15/h1-7H,8H2. The van der Waals surface area contributed by atoms with Gasteiger partial charge in [0.2, 0.25) is 5.95 Å². The highest BCUT2D eigenvalue weighted by Gasteiger charge is 2.13. The van der Waals surface area contributed by atoms with E-state index in [4.69, 9.17) is 16.3 Å². The number of halogens is 2. The Bertz CT molecular complexity index is 574. The second kappa shape index (κ2) is 5.60. The molecule has 0 aliphatic rings. The predicted octanol–water partition coefficient (Wildman–Crippen LogP) is 3.23. The van der Waals surface area contributed by atoms with Gasteiger partial charge in [0.1, 0.15) is 12.2 Å². The normalized spacial score (nSPS) is 10.1. The van der Waals surface area contributed by atoms with Crippen molar-refractivity contribution in [2.45, 2.75) is 6.61 Å². The van der Waals surface area contributed by atoms with E-state index in [0.717, 1.165) is 5.56 Å². The van der Waals surface area contributed by atoms with Crippen LogP contribution in [0.4, 0.5) is 4.39 Å². The lowest BCUT2D eigenvalue weighted by molar-refractivity contribution is 0.0466. The summed E-state index contributed by atoms with van der Waals surface area (Å²) in [5.41, 5.74) is 0.555. The molecule has 0 saturated carbocycles. The number of hydrogen-bond donors (Lipinski definition) is 0. The minimum absolute atomic E-state index is 0.0354. The summed E-state index contributed by atoms with van der Waals surface area (Å²) in [6.07, 6.45) is 1.27. The highest BCUT2D eigenvalue weighted by atomic mass is 35.5. The first-order valence-electron chi connectivity index (χ1n) is 5.19. The topological polar surface area (TPSA) is 39.2 Å². The summed E-state index contributed by atoms with van der Waals surface area (Å²) < 4.78 is 18.2. The summed E-state index contributed by atoms with van der Waals surface area (Å²) in [7, 11) is 0. The molecule has 1 aromatic heterocycles. The fourth-order valence-corrected chi connectivity index (χ4v) is 1.60. The van der Waals surface area contributed by atoms with Crippen molar-refractivity contribution in [3.05, 3.63) is 64.7 Å². The first kappa shape index (κ1) is 12.5. The lowest BCUT2D eigenvalue weighted by Crippen LogP contribution is -2.08. The monoisotopic (exact) mass is 265 g/mol. The van der Waals surface area contributed by atoms with Gasteiger partial charge in [0.25, 0.3) is 0 Å². The van der Waals surface area contributed by atoms with Crippen LogP contribution >= 0.6 is 11.6 Å². The Labute approximate surface area is 108 Å². The Kier molecular flexibility index (Phi) is 3.89. The molecule has 0 N–H and O–H groups in total. The van der Waals surface area contributed by atoms with Crippen LogP contribution in [0.25, 0.3) is 0 Å². The summed E-state index contributed by atoms with van der Waals surface area (Å²) in [6.45, 7) is 0.0354. The third-order valence-electron chi connectivity index (χ3n) is 2.24. The quantitative estimate of drug-likeness (QED) is 0.632. The highest BCUT2D eigenvalue weighted by molar-refractivity contribution is 6.30. The maximum Gasteiger partial charge on any atom is 0.343 e. The zero-order valence-corrected chi connectivity index (χ0v) is 10.0. The Morgan fingerprint density at radius 2 is 2.17 bits per heavy atom. The van der Waals surface area contributed by atoms with Gasteiger partial charge in [-0.15, -0.1) is 0 Å². The number of hydrogen-bond acceptors (Lipinski definition) is 3. The van der Waals surface area contributed by atoms with Gasteiger partial charge in [-0.25, -0.2) is 9.78 Å². The molecule has 0 amide bonds. The Morgan fingerprint density at radius 3 is 2.89 bits per heavy atom. The lowest BCUT2D eigenvalue weighted by atomic mass is 10.2. The van der Waals surface area contributed by atoms with Crippen LogP contribution in [-0.4, -0.2) is 11.0 Å². The molecule has 3 nitrogen and oxygen atoms in total. The van der Waals surface area contributed by atoms with E-state index < -0.39 is 11.9 Å². The van der Waals surface area contributed by atoms with E-state index >= 15 is 0 Å². The van der Waals surface area contributed by atoms with Crippen LogP contribution in [0.2, 0.25) is 5.02 Å². The van der Waals surface area contributed by atoms with E-state index in [0.29, 0.717) is 5.02 Å². The number of pyridine rings is 1. The van der Waals surface area contributed by atoms with Gasteiger partial charge >= 0.3 is 5.97 Å². The van der Waals surface area contributed by atoms with Crippen LogP contribution in [0.1, 0.15) is 15.9 Å². The fourth-order valence-electron chi connectivity index (χ4n) is 1.39. The van der Waals surface area contributed by atoms with Crippen molar-refractivity contribution in [3.63, 3.8) is 0 Å². The van der Waals surface area contributed by atoms with Gasteiger partial charge in [0, 0.05) is 11.2 Å². The number of nitrogens with zero attached hydrogens (tertiary/aromatic N) is 1. The first-order valence-corrected chi connectivity index (χ1v) is 5.56. The highest BCUT2D eigenvalue weighted by Crippen LogP contribution is 2.13. The molecule has 0 aliphatic carbocycles. The molecule has 1 heterocycles. The molecular formula is C13H9ClFNO2. The molecule has 0 bridgehead atoms. The van der Waals surface area contributed by atoms with E-state index in [2.05, 4.69) is 4.98 Å². The first-order chi connectivity index (χ1) is 8.66. The molecule has 0 saturated heterocycles. The van der Waals surface area contributed by atoms with Crippen molar-refractivity contribution in [1.29, 1.82) is 0 Å². The number of carbonyl (C=O) groups is 1. The van der Waals surface area contributed by atoms with E-state index in [-0.39, 0.29) is 12.2 Å². The molecule has 2 aromatic rings. The largest absolute Gasteiger partial charge is 0.457 e. The molecule has 5 heteroatoms. The van der Waals surface area contributed by atoms with E-state index in [1.165, 1.54) is 18.3 Å². The Hall–Kier alpha value is -1.94. The zero-order chi connectivity index (χ0) is 13.0. The van der Waals surface area contributed by atoms with E-state index in [9.17, 15) is 9.18 Å². The van der Waals surface area contributed by atoms with Gasteiger partial charge in [-0.2, -0.15) is 4.39 Å². The zero-order valence-electron chi connectivity index (χ0n) is 9.27. The van der Waals surface area contributed by atoms with Crippen molar-refractivity contribution in [2.24, 2.45) is 0 Å². The molecule has 0 unspecified atom stereocenters. The van der Waals surface area contributed by atoms with Crippen LogP contribution in [0.3, 0.4) is 0 Å². The second-order valence-corrected chi connectivity index (χ2v) is 3.98. The van der Waals surface area contributed by atoms with Gasteiger partial charge in [-0.05, 0) is 29.8 Å². The summed E-state index contributed by atoms with van der Waals surface area (Å²) in [5.74, 6) is -1.59. The summed E-state index contributed by atoms with van der Waals surface area (Å²) in [4.78, 5) is 15.0. The van der Waals surface area contributed by atoms with Gasteiger partial charge in [0.15, 0.2) is 0 Å². The molecule has 0 fully saturated rings. The van der Waals surface area contributed by atoms with Crippen molar-refractivity contribution >= 4 is 17.6 Å². The van der Waals surface area contributed by atoms with Gasteiger partial charge < -0.3 is 4.74 Å². The number of aromatic nitrogens is 1. The van der Waals surface area contributed by atoms with Crippen LogP contribution in [0.5, 0.6) is 0 Å². The predicted molar refractivity (Wildman–Crippen MR) is 64.8 cm³/mol. The average Bonchev–Trinajstić information content (AvgIpc) is 2.37. The summed E-state index contributed by atoms with van der Waals surface area (Å²) in [6, 6.07) is 9.69. The minimum atomic E-state index is -0.839. The third kappa shape index (κ3) is 3.05. The molecule has 0 radical (unpaired) electrons. The molecule has 1 aromatic carbocycles. The number of benzene rings is 1. The third-order valence-corrected chi connectivity index (χ3v) is 2.47. The lowest BCUT2D eigenvalue weighted by Gasteiger charge is -2.05. The Morgan fingerprint density at radius 1 is 1.33 bits per heavy atom. The maximum atomic E-state index is 13.2. The molecule has 18 heavy (non-hydrogen) atoms. The number of rotatable bonds is 3. The number of carbonyl (C=O) groups excluding carboxylic acids is 1. The number of esters is 1. The van der Waals surface area contributed by atoms with E-state index in [1.807, 2.05) is 0 Å². The summed E-state index contributed by atoms with van der Waals surface area (Å²) in [5, 5.41) is 0.552. The molecule has 0 spiro atoms. The van der Waals surface area contributed by atoms with Crippen molar-refractivity contribution in [3.8, 4) is 0 Å². The molecule has 2 rings (SSSR count). The van der Waals surface area contributed by atoms with Crippen molar-refractivity contribution < 1.29 is 13.9 Å². The minimum Gasteiger partial charge on any atom is -0.457 e. The van der Waals surface area contributed by atoms with Crippen LogP contribution in [0, 0.1) is 5.95 Å². The van der Waals surface area contributed by atoms with Gasteiger partial charge in [0.05, 0.1) is 0 Å². The van der Waals surface area contributed by atoms with Crippen LogP contribution in [-0.2, 0) is 11.3 Å². The van der Waals surface area contributed by atoms with Gasteiger partial charge in [-0.1, -0.05) is 23.7 Å². The fraction of sp³-hybridized carbons (Fsp3) is 0.0769. The second-order valence-electron chi connectivity index (χ2n) is 3.55. The van der Waals surface area contributed by atoms with Crippen molar-refractivity contribution in [1.82, 2.24) is 4.98 Å². The van der Waals surface area contributed by atoms with Crippen LogP contribution in [0.15, 0.2) is 42.6 Å². The maximum absolute atomic E-state index is 13.2. The molecule has 92 valence electrons. The molecule has 0 atom stereocenters. The SMILES string of the molecule is O=C(OCc1cccc(Cl)c1)c1cccnc1F. The molecule has 0 aliphatic heterocycles. The summed E-state index contributed by atoms with van der Waals surface area (Å²) >= 11 is 5.79. The average molecular weight is 266 g/mol.